The first kappa shape index (κ1) is 61.8. The van der Waals surface area contributed by atoms with E-state index in [4.69, 9.17) is 4.74 Å². The molecule has 2 spiro atoms. The van der Waals surface area contributed by atoms with E-state index in [1.54, 1.807) is 0 Å². The lowest BCUT2D eigenvalue weighted by Crippen LogP contribution is -2.37. The monoisotopic (exact) mass is 1440 g/mol. The Morgan fingerprint density at radius 1 is 0.214 bits per heavy atom. The van der Waals surface area contributed by atoms with Crippen molar-refractivity contribution >= 4 is 121 Å². The Balaban J connectivity index is 0.000000127. The lowest BCUT2D eigenvalue weighted by atomic mass is 9.61. The Kier molecular flexibility index (Phi) is 12.8. The quantitative estimate of drug-likeness (QED) is 0.176. The van der Waals surface area contributed by atoms with Gasteiger partial charge in [-0.25, -0.2) is 0 Å². The van der Waals surface area contributed by atoms with Crippen LogP contribution in [-0.2, 0) is 10.8 Å². The molecule has 8 heterocycles. The largest absolute Gasteiger partial charge is 0.454 e. The van der Waals surface area contributed by atoms with E-state index in [0.717, 1.165) is 45.0 Å². The predicted octanol–water partition coefficient (Wildman–Crippen LogP) is 27.4. The van der Waals surface area contributed by atoms with Crippen LogP contribution in [0.5, 0.6) is 11.5 Å². The molecule has 26 rings (SSSR count). The smallest absolute Gasteiger partial charge is 0.156 e. The highest BCUT2D eigenvalue weighted by Crippen LogP contribution is 2.64. The summed E-state index contributed by atoms with van der Waals surface area (Å²) in [6, 6.07) is 144. The molecule has 18 aromatic carbocycles. The molecule has 5 nitrogen and oxygen atoms in total. The van der Waals surface area contributed by atoms with Gasteiger partial charge in [-0.15, -0.1) is 0 Å². The third-order valence-electron chi connectivity index (χ3n) is 25.1. The summed E-state index contributed by atoms with van der Waals surface area (Å²) in [6.07, 6.45) is 0. The summed E-state index contributed by atoms with van der Waals surface area (Å²) >= 11 is 1.91. The first-order chi connectivity index (χ1) is 55.6. The van der Waals surface area contributed by atoms with Gasteiger partial charge in [0.15, 0.2) is 5.75 Å². The maximum absolute atomic E-state index is 7.27. The summed E-state index contributed by atoms with van der Waals surface area (Å²) in [5.41, 5.74) is 28.3. The SMILES string of the molecule is c1ccc2c(c1)Oc1c(ccc3c4ccccc4n(-c4ccc(-c5ccc6ccccc6c5)cc4)c13)C21c2ccccc2-n2c3ccccc3c3cccc1c32.c1ccc2c(c1)Sc1cc3c(cc1C21c2ccccc2-n2c4ccccc4c4cccc1c42)c1ccccc1n3-c1ccc(-c2ccc3ccccc3c2)cc1. The van der Waals surface area contributed by atoms with Gasteiger partial charge in [-0.05, 0) is 174 Å². The highest BCUT2D eigenvalue weighted by Gasteiger charge is 2.52. The van der Waals surface area contributed by atoms with Crippen LogP contribution < -0.4 is 4.74 Å². The van der Waals surface area contributed by atoms with Crippen molar-refractivity contribution < 1.29 is 4.74 Å². The van der Waals surface area contributed by atoms with Gasteiger partial charge in [0, 0.05) is 75.4 Å². The van der Waals surface area contributed by atoms with Gasteiger partial charge in [-0.3, -0.25) is 0 Å². The van der Waals surface area contributed by atoms with E-state index in [2.05, 4.69) is 407 Å². The van der Waals surface area contributed by atoms with Crippen LogP contribution in [0.4, 0.5) is 0 Å². The summed E-state index contributed by atoms with van der Waals surface area (Å²) < 4.78 is 17.2. The molecule has 0 bridgehead atoms. The fourth-order valence-electron chi connectivity index (χ4n) is 20.5. The second kappa shape index (κ2) is 23.2. The molecule has 2 atom stereocenters. The fraction of sp³-hybridized carbons (Fsp3) is 0.0189. The van der Waals surface area contributed by atoms with E-state index in [-0.39, 0.29) is 0 Å². The molecule has 0 fully saturated rings. The molecule has 0 saturated heterocycles. The molecule has 2 unspecified atom stereocenters. The van der Waals surface area contributed by atoms with Crippen LogP contribution in [0.15, 0.2) is 398 Å². The summed E-state index contributed by atoms with van der Waals surface area (Å²) in [5.74, 6) is 1.78. The molecule has 6 heteroatoms. The van der Waals surface area contributed by atoms with Gasteiger partial charge in [0.2, 0.25) is 0 Å². The van der Waals surface area contributed by atoms with Crippen molar-refractivity contribution in [3.63, 3.8) is 0 Å². The van der Waals surface area contributed by atoms with E-state index in [1.807, 2.05) is 11.8 Å². The minimum Gasteiger partial charge on any atom is -0.454 e. The molecule has 4 aliphatic heterocycles. The minimum atomic E-state index is -0.639. The van der Waals surface area contributed by atoms with Crippen molar-refractivity contribution in [3.8, 4) is 56.5 Å². The fourth-order valence-corrected chi connectivity index (χ4v) is 21.7. The average Bonchev–Trinajstić information content (AvgIpc) is 1.61. The van der Waals surface area contributed by atoms with Gasteiger partial charge in [0.25, 0.3) is 0 Å². The Hall–Kier alpha value is -14.2. The number of para-hydroxylation sites is 9. The molecule has 0 N–H and O–H groups in total. The van der Waals surface area contributed by atoms with Crippen LogP contribution in [0.2, 0.25) is 0 Å². The number of ether oxygens (including phenoxy) is 1. The zero-order valence-electron chi connectivity index (χ0n) is 60.6. The Labute approximate surface area is 649 Å². The Morgan fingerprint density at radius 3 is 1.20 bits per heavy atom. The van der Waals surface area contributed by atoms with Crippen molar-refractivity contribution in [2.75, 3.05) is 0 Å². The number of hydrogen-bond donors (Lipinski definition) is 0. The lowest BCUT2D eigenvalue weighted by molar-refractivity contribution is 0.438. The van der Waals surface area contributed by atoms with Crippen LogP contribution in [0, 0.1) is 0 Å². The standard InChI is InChI=1S/C53H32N2O.C53H32N2S/c1-2-13-35-32-36(25-24-33(35)12-1)34-26-28-37(29-27-34)54-46-20-7-3-15-39(46)41-30-31-45-52(51(41)54)56-49-23-10-6-18-43(49)53(45)42-17-5-9-22-48(42)55-47-21-8-4-14-38(47)40-16-11-19-44(53)50(40)55;1-2-13-35-30-36(25-24-33(35)12-1)34-26-28-37(29-27-34)54-46-20-7-4-15-39(46)41-31-45-51(32-49(41)54)56-50-23-10-6-18-43(50)53(45)42-17-5-9-22-48(42)55-47-21-8-3-14-38(47)40-16-11-19-44(53)52(40)55/h2*1-32H. The second-order valence-electron chi connectivity index (χ2n) is 30.5. The normalized spacial score (nSPS) is 15.4. The molecule has 0 aliphatic carbocycles. The Morgan fingerprint density at radius 2 is 0.625 bits per heavy atom. The van der Waals surface area contributed by atoms with Crippen LogP contribution in [0.25, 0.3) is 154 Å². The molecule has 112 heavy (non-hydrogen) atoms. The van der Waals surface area contributed by atoms with Crippen molar-refractivity contribution in [1.29, 1.82) is 0 Å². The molecule has 22 aromatic rings. The topological polar surface area (TPSA) is 28.9 Å². The van der Waals surface area contributed by atoms with Gasteiger partial charge in [0.1, 0.15) is 5.75 Å². The van der Waals surface area contributed by atoms with Crippen molar-refractivity contribution in [2.24, 2.45) is 0 Å². The van der Waals surface area contributed by atoms with Crippen molar-refractivity contribution in [1.82, 2.24) is 18.3 Å². The molecular formula is C106H64N4OS. The predicted molar refractivity (Wildman–Crippen MR) is 464 cm³/mol. The van der Waals surface area contributed by atoms with Crippen LogP contribution >= 0.6 is 11.8 Å². The van der Waals surface area contributed by atoms with E-state index < -0.39 is 10.8 Å². The molecule has 0 radical (unpaired) electrons. The molecule has 0 saturated carbocycles. The summed E-state index contributed by atoms with van der Waals surface area (Å²) in [6.45, 7) is 0. The highest BCUT2D eigenvalue weighted by atomic mass is 32.2. The number of nitrogens with zero attached hydrogens (tertiary/aromatic N) is 4. The van der Waals surface area contributed by atoms with Crippen LogP contribution in [0.3, 0.4) is 0 Å². The maximum atomic E-state index is 7.27. The van der Waals surface area contributed by atoms with E-state index in [9.17, 15) is 0 Å². The zero-order valence-corrected chi connectivity index (χ0v) is 61.4. The van der Waals surface area contributed by atoms with Gasteiger partial charge < -0.3 is 23.0 Å². The molecule has 520 valence electrons. The number of rotatable bonds is 4. The van der Waals surface area contributed by atoms with Gasteiger partial charge in [0.05, 0.1) is 66.3 Å². The maximum Gasteiger partial charge on any atom is 0.156 e. The number of benzene rings is 18. The number of fused-ring (bicyclic) bond motifs is 31. The van der Waals surface area contributed by atoms with Crippen LogP contribution in [0.1, 0.15) is 44.5 Å². The van der Waals surface area contributed by atoms with E-state index in [0.29, 0.717) is 0 Å². The number of hydrogen-bond acceptors (Lipinski definition) is 2. The minimum absolute atomic E-state index is 0.517. The van der Waals surface area contributed by atoms with Crippen molar-refractivity contribution in [2.45, 2.75) is 20.6 Å². The third-order valence-corrected chi connectivity index (χ3v) is 26.2. The van der Waals surface area contributed by atoms with E-state index in [1.165, 1.54) is 175 Å². The molecule has 4 aromatic heterocycles. The highest BCUT2D eigenvalue weighted by molar-refractivity contribution is 7.99. The third kappa shape index (κ3) is 8.27. The zero-order chi connectivity index (χ0) is 73.1. The van der Waals surface area contributed by atoms with Crippen molar-refractivity contribution in [3.05, 3.63) is 433 Å². The Bertz CT molecular complexity index is 7840. The summed E-state index contributed by atoms with van der Waals surface area (Å²) in [4.78, 5) is 2.60. The summed E-state index contributed by atoms with van der Waals surface area (Å²) in [5, 5.41) is 15.0. The van der Waals surface area contributed by atoms with Crippen LogP contribution in [-0.4, -0.2) is 18.3 Å². The van der Waals surface area contributed by atoms with Gasteiger partial charge in [-0.1, -0.05) is 303 Å². The number of aromatic nitrogens is 4. The first-order valence-electron chi connectivity index (χ1n) is 38.7. The summed E-state index contributed by atoms with van der Waals surface area (Å²) in [7, 11) is 0. The molecule has 0 amide bonds. The first-order valence-corrected chi connectivity index (χ1v) is 39.5. The second-order valence-corrected chi connectivity index (χ2v) is 31.5. The molecule has 4 aliphatic rings. The molecular weight excluding hydrogens is 1380 g/mol. The lowest BCUT2D eigenvalue weighted by Gasteiger charge is -2.45. The van der Waals surface area contributed by atoms with Gasteiger partial charge in [-0.2, -0.15) is 0 Å². The van der Waals surface area contributed by atoms with E-state index >= 15 is 0 Å². The van der Waals surface area contributed by atoms with Gasteiger partial charge >= 0.3 is 0 Å². The average molecular weight is 1440 g/mol.